The summed E-state index contributed by atoms with van der Waals surface area (Å²) in [5.41, 5.74) is 0.866. The van der Waals surface area contributed by atoms with E-state index in [4.69, 9.17) is 4.74 Å². The van der Waals surface area contributed by atoms with Gasteiger partial charge in [-0.3, -0.25) is 4.79 Å². The summed E-state index contributed by atoms with van der Waals surface area (Å²) in [4.78, 5) is 15.2. The number of morpholine rings is 1. The van der Waals surface area contributed by atoms with Gasteiger partial charge in [-0.15, -0.1) is 0 Å². The molecule has 1 amide bonds. The van der Waals surface area contributed by atoms with Crippen LogP contribution in [0.1, 0.15) is 42.7 Å². The zero-order chi connectivity index (χ0) is 24.2. The number of benzene rings is 2. The summed E-state index contributed by atoms with van der Waals surface area (Å²) in [6.07, 6.45) is 0. The maximum Gasteiger partial charge on any atom is 0.253 e. The first-order valence-electron chi connectivity index (χ1n) is 10.9. The van der Waals surface area contributed by atoms with Crippen molar-refractivity contribution in [3.63, 3.8) is 0 Å². The highest BCUT2D eigenvalue weighted by atomic mass is 32.2. The van der Waals surface area contributed by atoms with Crippen LogP contribution in [0.4, 0.5) is 14.5 Å². The van der Waals surface area contributed by atoms with Crippen molar-refractivity contribution in [2.75, 3.05) is 44.3 Å². The predicted octanol–water partition coefficient (Wildman–Crippen LogP) is 3.32. The van der Waals surface area contributed by atoms with Crippen LogP contribution in [0.2, 0.25) is 0 Å². The van der Waals surface area contributed by atoms with Gasteiger partial charge < -0.3 is 15.0 Å². The number of rotatable bonds is 8. The van der Waals surface area contributed by atoms with Gasteiger partial charge in [0.25, 0.3) is 5.91 Å². The standard InChI is InChI=1S/C23H29F2N3O4S/c1-4-28(5-2)33(30,31)18-7-9-22(27-10-12-32-13-11-27)20(15-18)23(29)26-16(3)19-8-6-17(24)14-21(19)25/h6-9,14-16H,4-5,10-13H2,1-3H3,(H,26,29). The Bertz CT molecular complexity index is 1100. The molecule has 0 radical (unpaired) electrons. The van der Waals surface area contributed by atoms with E-state index >= 15 is 0 Å². The van der Waals surface area contributed by atoms with Gasteiger partial charge in [0.15, 0.2) is 0 Å². The Morgan fingerprint density at radius 1 is 1.12 bits per heavy atom. The van der Waals surface area contributed by atoms with Gasteiger partial charge in [-0.2, -0.15) is 4.31 Å². The molecular weight excluding hydrogens is 452 g/mol. The van der Waals surface area contributed by atoms with Crippen molar-refractivity contribution in [1.82, 2.24) is 9.62 Å². The molecule has 33 heavy (non-hydrogen) atoms. The Morgan fingerprint density at radius 3 is 2.39 bits per heavy atom. The lowest BCUT2D eigenvalue weighted by Gasteiger charge is -2.31. The highest BCUT2D eigenvalue weighted by Gasteiger charge is 2.27. The number of sulfonamides is 1. The summed E-state index contributed by atoms with van der Waals surface area (Å²) in [5, 5.41) is 2.72. The number of nitrogens with one attached hydrogen (secondary N) is 1. The second kappa shape index (κ2) is 10.6. The average molecular weight is 482 g/mol. The number of hydrogen-bond acceptors (Lipinski definition) is 5. The molecule has 1 aliphatic heterocycles. The van der Waals surface area contributed by atoms with Crippen LogP contribution in [0.3, 0.4) is 0 Å². The van der Waals surface area contributed by atoms with Crippen molar-refractivity contribution in [3.8, 4) is 0 Å². The largest absolute Gasteiger partial charge is 0.378 e. The third kappa shape index (κ3) is 5.51. The molecule has 0 bridgehead atoms. The Morgan fingerprint density at radius 2 is 1.79 bits per heavy atom. The lowest BCUT2D eigenvalue weighted by molar-refractivity contribution is 0.0937. The van der Waals surface area contributed by atoms with Crippen molar-refractivity contribution >= 4 is 21.6 Å². The highest BCUT2D eigenvalue weighted by Crippen LogP contribution is 2.28. The van der Waals surface area contributed by atoms with Crippen LogP contribution in [-0.4, -0.2) is 58.0 Å². The molecule has 10 heteroatoms. The van der Waals surface area contributed by atoms with Crippen LogP contribution in [0.15, 0.2) is 41.3 Å². The minimum absolute atomic E-state index is 0.00831. The molecule has 0 aromatic heterocycles. The van der Waals surface area contributed by atoms with E-state index in [-0.39, 0.29) is 16.0 Å². The van der Waals surface area contributed by atoms with Gasteiger partial charge in [0.05, 0.1) is 29.7 Å². The summed E-state index contributed by atoms with van der Waals surface area (Å²) < 4.78 is 60.3. The molecule has 180 valence electrons. The fraction of sp³-hybridized carbons (Fsp3) is 0.435. The molecule has 1 heterocycles. The van der Waals surface area contributed by atoms with Gasteiger partial charge in [-0.1, -0.05) is 19.9 Å². The fourth-order valence-electron chi connectivity index (χ4n) is 3.85. The summed E-state index contributed by atoms with van der Waals surface area (Å²) in [6, 6.07) is 6.88. The normalized spacial score (nSPS) is 15.5. The molecule has 2 aromatic carbocycles. The number of amides is 1. The van der Waals surface area contributed by atoms with E-state index in [0.29, 0.717) is 45.1 Å². The number of carbonyl (C=O) groups excluding carboxylic acids is 1. The maximum atomic E-state index is 14.2. The molecule has 1 N–H and O–H groups in total. The lowest BCUT2D eigenvalue weighted by Crippen LogP contribution is -2.38. The SMILES string of the molecule is CCN(CC)S(=O)(=O)c1ccc(N2CCOCC2)c(C(=O)NC(C)c2ccc(F)cc2F)c1. The smallest absolute Gasteiger partial charge is 0.253 e. The summed E-state index contributed by atoms with van der Waals surface area (Å²) >= 11 is 0. The van der Waals surface area contributed by atoms with Crippen LogP contribution in [0.25, 0.3) is 0 Å². The van der Waals surface area contributed by atoms with Crippen LogP contribution >= 0.6 is 0 Å². The molecule has 1 saturated heterocycles. The number of anilines is 1. The van der Waals surface area contributed by atoms with Crippen molar-refractivity contribution in [1.29, 1.82) is 0 Å². The molecule has 1 aliphatic rings. The monoisotopic (exact) mass is 481 g/mol. The average Bonchev–Trinajstić information content (AvgIpc) is 2.79. The molecule has 1 unspecified atom stereocenters. The highest BCUT2D eigenvalue weighted by molar-refractivity contribution is 7.89. The topological polar surface area (TPSA) is 79.0 Å². The Balaban J connectivity index is 1.99. The lowest BCUT2D eigenvalue weighted by atomic mass is 10.1. The van der Waals surface area contributed by atoms with Crippen molar-refractivity contribution in [3.05, 3.63) is 59.2 Å². The second-order valence-corrected chi connectivity index (χ2v) is 9.67. The van der Waals surface area contributed by atoms with E-state index in [1.54, 1.807) is 26.8 Å². The van der Waals surface area contributed by atoms with Gasteiger partial charge in [0.2, 0.25) is 10.0 Å². The Labute approximate surface area is 193 Å². The maximum absolute atomic E-state index is 14.2. The van der Waals surface area contributed by atoms with Crippen molar-refractivity contribution in [2.24, 2.45) is 0 Å². The number of carbonyl (C=O) groups is 1. The first-order chi connectivity index (χ1) is 15.7. The number of ether oxygens (including phenoxy) is 1. The summed E-state index contributed by atoms with van der Waals surface area (Å²) in [5.74, 6) is -2.03. The van der Waals surface area contributed by atoms with Crippen molar-refractivity contribution in [2.45, 2.75) is 31.7 Å². The summed E-state index contributed by atoms with van der Waals surface area (Å²) in [7, 11) is -3.79. The number of hydrogen-bond donors (Lipinski definition) is 1. The van der Waals surface area contributed by atoms with E-state index in [1.807, 2.05) is 4.90 Å². The van der Waals surface area contributed by atoms with Gasteiger partial charge in [0, 0.05) is 43.5 Å². The third-order valence-corrected chi connectivity index (χ3v) is 7.73. The number of nitrogens with zero attached hydrogens (tertiary/aromatic N) is 2. The third-order valence-electron chi connectivity index (χ3n) is 5.68. The quantitative estimate of drug-likeness (QED) is 0.626. The second-order valence-electron chi connectivity index (χ2n) is 7.73. The Kier molecular flexibility index (Phi) is 8.04. The molecule has 2 aromatic rings. The van der Waals surface area contributed by atoms with Crippen LogP contribution < -0.4 is 10.2 Å². The minimum Gasteiger partial charge on any atom is -0.378 e. The summed E-state index contributed by atoms with van der Waals surface area (Å²) in [6.45, 7) is 7.73. The molecule has 7 nitrogen and oxygen atoms in total. The first kappa shape index (κ1) is 25.1. The molecule has 0 spiro atoms. The first-order valence-corrected chi connectivity index (χ1v) is 12.4. The zero-order valence-electron chi connectivity index (χ0n) is 19.0. The van der Waals surface area contributed by atoms with E-state index in [0.717, 1.165) is 12.1 Å². The number of halogens is 2. The van der Waals surface area contributed by atoms with E-state index < -0.39 is 33.6 Å². The molecule has 1 fully saturated rings. The van der Waals surface area contributed by atoms with Gasteiger partial charge in [0.1, 0.15) is 11.6 Å². The van der Waals surface area contributed by atoms with Gasteiger partial charge >= 0.3 is 0 Å². The van der Waals surface area contributed by atoms with Crippen LogP contribution in [0, 0.1) is 11.6 Å². The van der Waals surface area contributed by atoms with Gasteiger partial charge in [-0.25, -0.2) is 17.2 Å². The zero-order valence-corrected chi connectivity index (χ0v) is 19.8. The van der Waals surface area contributed by atoms with Crippen LogP contribution in [0.5, 0.6) is 0 Å². The molecule has 1 atom stereocenters. The minimum atomic E-state index is -3.79. The van der Waals surface area contributed by atoms with Crippen LogP contribution in [-0.2, 0) is 14.8 Å². The molecular formula is C23H29F2N3O4S. The molecule has 3 rings (SSSR count). The van der Waals surface area contributed by atoms with E-state index in [9.17, 15) is 22.0 Å². The van der Waals surface area contributed by atoms with Crippen molar-refractivity contribution < 1.29 is 26.7 Å². The molecule has 0 saturated carbocycles. The van der Waals surface area contributed by atoms with E-state index in [2.05, 4.69) is 5.32 Å². The predicted molar refractivity (Wildman–Crippen MR) is 122 cm³/mol. The molecule has 0 aliphatic carbocycles. The Hall–Kier alpha value is -2.56. The fourth-order valence-corrected chi connectivity index (χ4v) is 5.34. The van der Waals surface area contributed by atoms with E-state index in [1.165, 1.54) is 22.5 Å². The van der Waals surface area contributed by atoms with Gasteiger partial charge in [-0.05, 0) is 31.2 Å².